The van der Waals surface area contributed by atoms with Crippen molar-refractivity contribution >= 4 is 44.4 Å². The van der Waals surface area contributed by atoms with E-state index >= 15 is 0 Å². The molecule has 0 aliphatic carbocycles. The highest BCUT2D eigenvalue weighted by Crippen LogP contribution is 2.23. The van der Waals surface area contributed by atoms with Crippen molar-refractivity contribution in [3.63, 3.8) is 0 Å². The molecule has 0 saturated carbocycles. The highest BCUT2D eigenvalue weighted by atomic mass is 32.2. The first-order chi connectivity index (χ1) is 14.8. The molecule has 166 valence electrons. The van der Waals surface area contributed by atoms with E-state index < -0.39 is 10.0 Å². The van der Waals surface area contributed by atoms with Crippen LogP contribution in [0.4, 0.5) is 5.69 Å². The molecule has 1 N–H and O–H groups in total. The fourth-order valence-corrected chi connectivity index (χ4v) is 5.19. The third kappa shape index (κ3) is 5.08. The second kappa shape index (κ2) is 9.80. The zero-order chi connectivity index (χ0) is 22.6. The van der Waals surface area contributed by atoms with Gasteiger partial charge in [-0.2, -0.15) is 4.31 Å². The molecule has 3 aromatic rings. The number of benzene rings is 1. The quantitative estimate of drug-likeness (QED) is 0.491. The van der Waals surface area contributed by atoms with Gasteiger partial charge in [-0.25, -0.2) is 18.4 Å². The molecule has 2 heterocycles. The minimum absolute atomic E-state index is 0.129. The molecule has 0 aliphatic heterocycles. The number of hydrogen-bond acceptors (Lipinski definition) is 6. The van der Waals surface area contributed by atoms with Gasteiger partial charge < -0.3 is 9.88 Å². The van der Waals surface area contributed by atoms with Crippen LogP contribution in [0.5, 0.6) is 0 Å². The third-order valence-corrected chi connectivity index (χ3v) is 7.80. The van der Waals surface area contributed by atoms with Crippen LogP contribution in [0.3, 0.4) is 0 Å². The molecule has 1 aromatic carbocycles. The van der Waals surface area contributed by atoms with Crippen molar-refractivity contribution in [3.05, 3.63) is 42.4 Å². The molecule has 0 saturated heterocycles. The first-order valence-electron chi connectivity index (χ1n) is 10.1. The largest absolute Gasteiger partial charge is 0.331 e. The maximum absolute atomic E-state index is 12.8. The van der Waals surface area contributed by atoms with Gasteiger partial charge in [0, 0.05) is 33.0 Å². The maximum atomic E-state index is 12.8. The lowest BCUT2D eigenvalue weighted by atomic mass is 10.2. The Balaban J connectivity index is 1.74. The van der Waals surface area contributed by atoms with Crippen LogP contribution in [-0.4, -0.2) is 52.5 Å². The lowest BCUT2D eigenvalue weighted by Gasteiger charge is -2.18. The second-order valence-corrected chi connectivity index (χ2v) is 9.73. The van der Waals surface area contributed by atoms with Crippen molar-refractivity contribution in [2.24, 2.45) is 7.05 Å². The van der Waals surface area contributed by atoms with Gasteiger partial charge in [-0.05, 0) is 36.6 Å². The third-order valence-electron chi connectivity index (χ3n) is 5.09. The van der Waals surface area contributed by atoms with E-state index in [0.717, 1.165) is 16.4 Å². The highest BCUT2D eigenvalue weighted by Gasteiger charge is 2.22. The smallest absolute Gasteiger partial charge is 0.243 e. The van der Waals surface area contributed by atoms with Crippen LogP contribution in [0.1, 0.15) is 26.1 Å². The van der Waals surface area contributed by atoms with E-state index in [2.05, 4.69) is 15.3 Å². The number of hydrogen-bond donors (Lipinski definition) is 1. The zero-order valence-electron chi connectivity index (χ0n) is 18.1. The molecule has 1 amide bonds. The number of anilines is 1. The number of thioether (sulfide) groups is 1. The summed E-state index contributed by atoms with van der Waals surface area (Å²) in [7, 11) is -1.68. The van der Waals surface area contributed by atoms with Crippen molar-refractivity contribution in [3.8, 4) is 0 Å². The number of carbonyl (C=O) groups is 1. The molecule has 0 fully saturated rings. The number of fused-ring (bicyclic) bond motifs is 1. The Bertz CT molecular complexity index is 1170. The van der Waals surface area contributed by atoms with Gasteiger partial charge in [-0.1, -0.05) is 13.8 Å². The maximum Gasteiger partial charge on any atom is 0.243 e. The van der Waals surface area contributed by atoms with Crippen molar-refractivity contribution in [1.29, 1.82) is 0 Å². The standard InChI is InChI=1S/C21H27N5O3S2/c1-5-26(6-2)31(28,29)16-8-9-18-17(13-16)24-19(25(18)3)10-11-20(27)23-15-7-12-21(30-4)22-14-15/h7-9,12-14H,5-6,10-11H2,1-4H3,(H,23,27). The van der Waals surface area contributed by atoms with Gasteiger partial charge in [0.05, 0.1) is 32.8 Å². The van der Waals surface area contributed by atoms with Gasteiger partial charge in [-0.3, -0.25) is 4.79 Å². The molecular formula is C21H27N5O3S2. The van der Waals surface area contributed by atoms with Crippen molar-refractivity contribution in [2.45, 2.75) is 36.6 Å². The van der Waals surface area contributed by atoms with Crippen LogP contribution >= 0.6 is 11.8 Å². The van der Waals surface area contributed by atoms with Gasteiger partial charge in [0.15, 0.2) is 0 Å². The molecule has 3 rings (SSSR count). The Kier molecular flexibility index (Phi) is 7.34. The zero-order valence-corrected chi connectivity index (χ0v) is 19.8. The average Bonchev–Trinajstić information content (AvgIpc) is 3.08. The lowest BCUT2D eigenvalue weighted by Crippen LogP contribution is -2.30. The lowest BCUT2D eigenvalue weighted by molar-refractivity contribution is -0.116. The van der Waals surface area contributed by atoms with Crippen LogP contribution in [-0.2, 0) is 28.3 Å². The van der Waals surface area contributed by atoms with Crippen LogP contribution in [0, 0.1) is 0 Å². The molecule has 10 heteroatoms. The van der Waals surface area contributed by atoms with Gasteiger partial charge in [0.2, 0.25) is 15.9 Å². The van der Waals surface area contributed by atoms with Gasteiger partial charge in [-0.15, -0.1) is 11.8 Å². The fraction of sp³-hybridized carbons (Fsp3) is 0.381. The summed E-state index contributed by atoms with van der Waals surface area (Å²) >= 11 is 1.54. The van der Waals surface area contributed by atoms with Crippen molar-refractivity contribution in [2.75, 3.05) is 24.7 Å². The predicted octanol–water partition coefficient (Wildman–Crippen LogP) is 3.29. The number of nitrogens with one attached hydrogen (secondary N) is 1. The predicted molar refractivity (Wildman–Crippen MR) is 124 cm³/mol. The Morgan fingerprint density at radius 1 is 1.19 bits per heavy atom. The van der Waals surface area contributed by atoms with Crippen molar-refractivity contribution in [1.82, 2.24) is 18.8 Å². The fourth-order valence-electron chi connectivity index (χ4n) is 3.35. The summed E-state index contributed by atoms with van der Waals surface area (Å²) in [6, 6.07) is 8.66. The van der Waals surface area contributed by atoms with Crippen LogP contribution in [0.15, 0.2) is 46.5 Å². The van der Waals surface area contributed by atoms with E-state index in [9.17, 15) is 13.2 Å². The molecule has 0 spiro atoms. The molecular weight excluding hydrogens is 434 g/mol. The number of sulfonamides is 1. The molecule has 0 bridgehead atoms. The molecule has 0 unspecified atom stereocenters. The molecule has 2 aromatic heterocycles. The van der Waals surface area contributed by atoms with Gasteiger partial charge in [0.25, 0.3) is 0 Å². The van der Waals surface area contributed by atoms with Crippen LogP contribution in [0.2, 0.25) is 0 Å². The molecule has 8 nitrogen and oxygen atoms in total. The van der Waals surface area contributed by atoms with E-state index in [1.807, 2.05) is 43.9 Å². The summed E-state index contributed by atoms with van der Waals surface area (Å²) < 4.78 is 28.9. The number of amides is 1. The monoisotopic (exact) mass is 461 g/mol. The molecule has 0 radical (unpaired) electrons. The van der Waals surface area contributed by atoms with Crippen molar-refractivity contribution < 1.29 is 13.2 Å². The number of imidazole rings is 1. The first kappa shape index (κ1) is 23.2. The summed E-state index contributed by atoms with van der Waals surface area (Å²) in [6.45, 7) is 4.46. The molecule has 31 heavy (non-hydrogen) atoms. The average molecular weight is 462 g/mol. The van der Waals surface area contributed by atoms with E-state index in [1.165, 1.54) is 16.1 Å². The number of aryl methyl sites for hydroxylation is 2. The van der Waals surface area contributed by atoms with Gasteiger partial charge in [0.1, 0.15) is 5.82 Å². The van der Waals surface area contributed by atoms with E-state index in [4.69, 9.17) is 0 Å². The minimum Gasteiger partial charge on any atom is -0.331 e. The molecule has 0 atom stereocenters. The number of carbonyl (C=O) groups excluding carboxylic acids is 1. The Labute approximate surface area is 187 Å². The topological polar surface area (TPSA) is 97.2 Å². The highest BCUT2D eigenvalue weighted by molar-refractivity contribution is 7.98. The Morgan fingerprint density at radius 2 is 1.94 bits per heavy atom. The summed E-state index contributed by atoms with van der Waals surface area (Å²) in [4.78, 5) is 21.4. The first-order valence-corrected chi connectivity index (χ1v) is 12.7. The molecule has 0 aliphatic rings. The second-order valence-electron chi connectivity index (χ2n) is 6.96. The minimum atomic E-state index is -3.55. The van der Waals surface area contributed by atoms with Crippen LogP contribution < -0.4 is 5.32 Å². The summed E-state index contributed by atoms with van der Waals surface area (Å²) in [5.41, 5.74) is 2.08. The van der Waals surface area contributed by atoms with E-state index in [-0.39, 0.29) is 17.2 Å². The summed E-state index contributed by atoms with van der Waals surface area (Å²) in [6.07, 6.45) is 4.27. The normalized spacial score (nSPS) is 11.9. The summed E-state index contributed by atoms with van der Waals surface area (Å²) in [5, 5.41) is 3.73. The van der Waals surface area contributed by atoms with Gasteiger partial charge >= 0.3 is 0 Å². The number of rotatable bonds is 9. The Morgan fingerprint density at radius 3 is 2.55 bits per heavy atom. The summed E-state index contributed by atoms with van der Waals surface area (Å²) in [5.74, 6) is 0.592. The number of pyridine rings is 1. The van der Waals surface area contributed by atoms with E-state index in [0.29, 0.717) is 30.7 Å². The van der Waals surface area contributed by atoms with Crippen LogP contribution in [0.25, 0.3) is 11.0 Å². The van der Waals surface area contributed by atoms with E-state index in [1.54, 1.807) is 24.4 Å². The Hall–Kier alpha value is -2.43. The number of nitrogens with zero attached hydrogens (tertiary/aromatic N) is 4. The number of aromatic nitrogens is 3. The SMILES string of the molecule is CCN(CC)S(=O)(=O)c1ccc2c(c1)nc(CCC(=O)Nc1ccc(SC)nc1)n2C.